The van der Waals surface area contributed by atoms with E-state index >= 15 is 0 Å². The summed E-state index contributed by atoms with van der Waals surface area (Å²) in [6.07, 6.45) is -0.355. The highest BCUT2D eigenvalue weighted by molar-refractivity contribution is 7.90. The summed E-state index contributed by atoms with van der Waals surface area (Å²) in [4.78, 5) is -0.0701. The Morgan fingerprint density at radius 1 is 1.19 bits per heavy atom. The van der Waals surface area contributed by atoms with Gasteiger partial charge in [0.05, 0.1) is 22.5 Å². The Balaban J connectivity index is 0.00000338. The molecule has 1 aliphatic heterocycles. The number of ether oxygens (including phenoxy) is 1. The van der Waals surface area contributed by atoms with Gasteiger partial charge in [-0.05, 0) is 18.2 Å². The highest BCUT2D eigenvalue weighted by Gasteiger charge is 2.31. The molecule has 0 aliphatic carbocycles. The Morgan fingerprint density at radius 3 is 2.38 bits per heavy atom. The zero-order chi connectivity index (χ0) is 18.7. The molecule has 1 heterocycles. The average molecular weight is 428 g/mol. The van der Waals surface area contributed by atoms with E-state index in [1.54, 1.807) is 13.8 Å². The normalized spacial score (nSPS) is 19.3. The number of nitrogens with two attached hydrogens (primary N) is 1. The summed E-state index contributed by atoms with van der Waals surface area (Å²) in [5.41, 5.74) is 5.56. The fourth-order valence-electron chi connectivity index (χ4n) is 2.71. The first kappa shape index (κ1) is 23.3. The Labute approximate surface area is 161 Å². The first-order valence-electron chi connectivity index (χ1n) is 8.19. The van der Waals surface area contributed by atoms with Crippen molar-refractivity contribution in [2.75, 3.05) is 39.3 Å². The first-order valence-corrected chi connectivity index (χ1v) is 11.1. The summed E-state index contributed by atoms with van der Waals surface area (Å²) >= 11 is 0. The molecule has 8 nitrogen and oxygen atoms in total. The molecule has 1 atom stereocenters. The second kappa shape index (κ2) is 9.45. The number of rotatable bonds is 7. The van der Waals surface area contributed by atoms with Gasteiger partial charge >= 0.3 is 0 Å². The minimum atomic E-state index is -3.81. The second-order valence-corrected chi connectivity index (χ2v) is 9.53. The highest BCUT2D eigenvalue weighted by atomic mass is 35.5. The topological polar surface area (TPSA) is 110 Å². The van der Waals surface area contributed by atoms with Gasteiger partial charge in [-0.15, -0.1) is 12.4 Å². The lowest BCUT2D eigenvalue weighted by molar-refractivity contribution is 0.00450. The van der Waals surface area contributed by atoms with Gasteiger partial charge < -0.3 is 10.5 Å². The molecule has 0 amide bonds. The lowest BCUT2D eigenvalue weighted by Crippen LogP contribution is -2.48. The number of hydrogen-bond donors (Lipinski definition) is 1. The van der Waals surface area contributed by atoms with Crippen LogP contribution in [0.4, 0.5) is 0 Å². The van der Waals surface area contributed by atoms with Crippen molar-refractivity contribution in [2.45, 2.75) is 29.7 Å². The van der Waals surface area contributed by atoms with Crippen LogP contribution in [-0.4, -0.2) is 70.9 Å². The van der Waals surface area contributed by atoms with Crippen LogP contribution in [0.1, 0.15) is 13.8 Å². The number of benzene rings is 1. The third kappa shape index (κ3) is 4.75. The molecule has 1 aliphatic rings. The summed E-state index contributed by atoms with van der Waals surface area (Å²) in [5, 5.41) is 0. The Bertz CT molecular complexity index is 797. The van der Waals surface area contributed by atoms with E-state index in [9.17, 15) is 16.8 Å². The Hall–Kier alpha value is -0.750. The molecule has 1 unspecified atom stereocenters. The molecule has 1 aromatic carbocycles. The van der Waals surface area contributed by atoms with E-state index in [1.165, 1.54) is 32.9 Å². The molecule has 0 radical (unpaired) electrons. The van der Waals surface area contributed by atoms with Gasteiger partial charge in [0.15, 0.2) is 0 Å². The molecule has 0 spiro atoms. The lowest BCUT2D eigenvalue weighted by atomic mass is 10.3. The van der Waals surface area contributed by atoms with Crippen molar-refractivity contribution in [1.82, 2.24) is 8.61 Å². The van der Waals surface area contributed by atoms with Gasteiger partial charge in [-0.1, -0.05) is 19.9 Å². The van der Waals surface area contributed by atoms with Crippen LogP contribution in [0.2, 0.25) is 0 Å². The zero-order valence-electron chi connectivity index (χ0n) is 14.9. The van der Waals surface area contributed by atoms with Crippen LogP contribution in [0.3, 0.4) is 0 Å². The number of halogens is 1. The largest absolute Gasteiger partial charge is 0.374 e. The number of morpholine rings is 1. The molecule has 150 valence electrons. The quantitative estimate of drug-likeness (QED) is 0.677. The van der Waals surface area contributed by atoms with Crippen molar-refractivity contribution in [3.05, 3.63) is 24.3 Å². The van der Waals surface area contributed by atoms with Gasteiger partial charge in [-0.25, -0.2) is 16.8 Å². The first-order chi connectivity index (χ1) is 11.8. The predicted octanol–water partition coefficient (Wildman–Crippen LogP) is 0.487. The van der Waals surface area contributed by atoms with Crippen molar-refractivity contribution < 1.29 is 21.6 Å². The summed E-state index contributed by atoms with van der Waals surface area (Å²) in [5.74, 6) is 0. The molecular weight excluding hydrogens is 402 g/mol. The number of sulfonamides is 2. The van der Waals surface area contributed by atoms with E-state index in [1.807, 2.05) is 0 Å². The minimum absolute atomic E-state index is 0. The summed E-state index contributed by atoms with van der Waals surface area (Å²) in [6, 6.07) is 5.48. The van der Waals surface area contributed by atoms with Gasteiger partial charge in [0.1, 0.15) is 0 Å². The van der Waals surface area contributed by atoms with E-state index < -0.39 is 20.0 Å². The molecule has 1 fully saturated rings. The monoisotopic (exact) mass is 427 g/mol. The van der Waals surface area contributed by atoms with E-state index in [4.69, 9.17) is 10.5 Å². The van der Waals surface area contributed by atoms with Crippen molar-refractivity contribution >= 4 is 32.5 Å². The third-order valence-corrected chi connectivity index (χ3v) is 8.06. The zero-order valence-corrected chi connectivity index (χ0v) is 17.3. The average Bonchev–Trinajstić information content (AvgIpc) is 2.62. The van der Waals surface area contributed by atoms with Crippen LogP contribution in [-0.2, 0) is 24.8 Å². The van der Waals surface area contributed by atoms with Gasteiger partial charge in [0.2, 0.25) is 20.0 Å². The van der Waals surface area contributed by atoms with E-state index in [2.05, 4.69) is 0 Å². The van der Waals surface area contributed by atoms with Crippen LogP contribution in [0.15, 0.2) is 34.1 Å². The Morgan fingerprint density at radius 2 is 1.81 bits per heavy atom. The minimum Gasteiger partial charge on any atom is -0.374 e. The smallest absolute Gasteiger partial charge is 0.243 e. The molecular formula is C15H26ClN3O5S2. The lowest BCUT2D eigenvalue weighted by Gasteiger charge is -2.31. The SMILES string of the molecule is CCN(CC)S(=O)(=O)c1cccc(S(=O)(=O)N2CCOC(CN)C2)c1.Cl. The van der Waals surface area contributed by atoms with Crippen LogP contribution in [0.5, 0.6) is 0 Å². The Kier molecular flexibility index (Phi) is 8.46. The fraction of sp³-hybridized carbons (Fsp3) is 0.600. The van der Waals surface area contributed by atoms with Crippen molar-refractivity contribution in [2.24, 2.45) is 5.73 Å². The molecule has 1 saturated heterocycles. The van der Waals surface area contributed by atoms with E-state index in [-0.39, 0.29) is 54.5 Å². The maximum absolute atomic E-state index is 12.9. The summed E-state index contributed by atoms with van der Waals surface area (Å²) < 4.78 is 58.9. The van der Waals surface area contributed by atoms with E-state index in [0.29, 0.717) is 13.1 Å². The van der Waals surface area contributed by atoms with Gasteiger partial charge in [-0.2, -0.15) is 8.61 Å². The maximum Gasteiger partial charge on any atom is 0.243 e. The fourth-order valence-corrected chi connectivity index (χ4v) is 5.79. The molecule has 2 N–H and O–H groups in total. The summed E-state index contributed by atoms with van der Waals surface area (Å²) in [7, 11) is -7.54. The van der Waals surface area contributed by atoms with Gasteiger partial charge in [0.25, 0.3) is 0 Å². The molecule has 26 heavy (non-hydrogen) atoms. The van der Waals surface area contributed by atoms with Crippen LogP contribution < -0.4 is 5.73 Å². The predicted molar refractivity (Wildman–Crippen MR) is 101 cm³/mol. The van der Waals surface area contributed by atoms with Crippen LogP contribution in [0.25, 0.3) is 0 Å². The molecule has 0 aromatic heterocycles. The summed E-state index contributed by atoms with van der Waals surface area (Å²) in [6.45, 7) is 4.97. The molecule has 2 rings (SSSR count). The van der Waals surface area contributed by atoms with E-state index in [0.717, 1.165) is 0 Å². The number of nitrogens with zero attached hydrogens (tertiary/aromatic N) is 2. The third-order valence-electron chi connectivity index (χ3n) is 4.15. The van der Waals surface area contributed by atoms with Crippen molar-refractivity contribution in [1.29, 1.82) is 0 Å². The molecule has 0 saturated carbocycles. The standard InChI is InChI=1S/C15H25N3O5S2.ClH/c1-3-17(4-2)24(19,20)14-6-5-7-15(10-14)25(21,22)18-8-9-23-13(11-16)12-18;/h5-7,10,13H,3-4,8-9,11-12,16H2,1-2H3;1H. The highest BCUT2D eigenvalue weighted by Crippen LogP contribution is 2.23. The van der Waals surface area contributed by atoms with Crippen LogP contribution >= 0.6 is 12.4 Å². The maximum atomic E-state index is 12.9. The molecule has 0 bridgehead atoms. The van der Waals surface area contributed by atoms with Crippen molar-refractivity contribution in [3.8, 4) is 0 Å². The van der Waals surface area contributed by atoms with Gasteiger partial charge in [-0.3, -0.25) is 0 Å². The van der Waals surface area contributed by atoms with Crippen LogP contribution in [0, 0.1) is 0 Å². The second-order valence-electron chi connectivity index (χ2n) is 5.66. The molecule has 11 heteroatoms. The number of hydrogen-bond acceptors (Lipinski definition) is 6. The van der Waals surface area contributed by atoms with Gasteiger partial charge in [0, 0.05) is 32.7 Å². The molecule has 1 aromatic rings. The van der Waals surface area contributed by atoms with Crippen molar-refractivity contribution in [3.63, 3.8) is 0 Å².